The molecule has 3 unspecified atom stereocenters. The molecule has 0 aliphatic heterocycles. The molecule has 0 aromatic heterocycles. The first-order valence-electron chi connectivity index (χ1n) is 7.03. The zero-order valence-electron chi connectivity index (χ0n) is 11.1. The summed E-state index contributed by atoms with van der Waals surface area (Å²) in [6.07, 6.45) is 7.56. The molecule has 0 heterocycles. The Bertz CT molecular complexity index is 288. The number of unbranched alkanes of at least 4 members (excludes halogenated alkanes) is 3. The number of carboxylic acids is 2. The SMILES string of the molecule is CCCCCCC1CCCC(C(=O)O)C1C(=O)O. The van der Waals surface area contributed by atoms with Crippen molar-refractivity contribution in [2.75, 3.05) is 0 Å². The Labute approximate surface area is 108 Å². The molecule has 0 radical (unpaired) electrons. The van der Waals surface area contributed by atoms with Crippen LogP contribution < -0.4 is 0 Å². The number of hydrogen-bond donors (Lipinski definition) is 2. The lowest BCUT2D eigenvalue weighted by atomic mass is 9.70. The second kappa shape index (κ2) is 7.39. The first-order chi connectivity index (χ1) is 8.57. The van der Waals surface area contributed by atoms with Crippen molar-refractivity contribution in [2.24, 2.45) is 17.8 Å². The molecule has 0 saturated heterocycles. The van der Waals surface area contributed by atoms with Gasteiger partial charge >= 0.3 is 11.9 Å². The molecular formula is C14H24O4. The van der Waals surface area contributed by atoms with E-state index in [-0.39, 0.29) is 5.92 Å². The lowest BCUT2D eigenvalue weighted by Gasteiger charge is -2.33. The van der Waals surface area contributed by atoms with E-state index in [1.807, 2.05) is 0 Å². The van der Waals surface area contributed by atoms with Gasteiger partial charge in [-0.25, -0.2) is 0 Å². The predicted molar refractivity (Wildman–Crippen MR) is 68.4 cm³/mol. The molecule has 1 saturated carbocycles. The summed E-state index contributed by atoms with van der Waals surface area (Å²) in [5, 5.41) is 18.4. The fraction of sp³-hybridized carbons (Fsp3) is 0.857. The summed E-state index contributed by atoms with van der Waals surface area (Å²) < 4.78 is 0. The minimum atomic E-state index is -0.944. The van der Waals surface area contributed by atoms with E-state index in [4.69, 9.17) is 5.11 Å². The first kappa shape index (κ1) is 15.0. The Hall–Kier alpha value is -1.06. The van der Waals surface area contributed by atoms with E-state index in [0.29, 0.717) is 6.42 Å². The Morgan fingerprint density at radius 2 is 1.78 bits per heavy atom. The summed E-state index contributed by atoms with van der Waals surface area (Å²) in [7, 11) is 0. The van der Waals surface area contributed by atoms with Crippen LogP contribution in [0.15, 0.2) is 0 Å². The third kappa shape index (κ3) is 4.00. The van der Waals surface area contributed by atoms with Gasteiger partial charge in [0.1, 0.15) is 0 Å². The normalized spacial score (nSPS) is 27.9. The summed E-state index contributed by atoms with van der Waals surface area (Å²) in [6, 6.07) is 0. The Morgan fingerprint density at radius 1 is 1.06 bits per heavy atom. The zero-order valence-corrected chi connectivity index (χ0v) is 11.1. The number of rotatable bonds is 7. The van der Waals surface area contributed by atoms with Gasteiger partial charge in [-0.3, -0.25) is 9.59 Å². The zero-order chi connectivity index (χ0) is 13.5. The number of hydrogen-bond acceptors (Lipinski definition) is 2. The van der Waals surface area contributed by atoms with Crippen LogP contribution in [0.1, 0.15) is 58.3 Å². The molecule has 0 bridgehead atoms. The van der Waals surface area contributed by atoms with Crippen LogP contribution in [0, 0.1) is 17.8 Å². The van der Waals surface area contributed by atoms with Crippen LogP contribution in [0.4, 0.5) is 0 Å². The van der Waals surface area contributed by atoms with Crippen molar-refractivity contribution >= 4 is 11.9 Å². The minimum Gasteiger partial charge on any atom is -0.481 e. The van der Waals surface area contributed by atoms with Crippen LogP contribution in [-0.2, 0) is 9.59 Å². The van der Waals surface area contributed by atoms with E-state index in [9.17, 15) is 14.7 Å². The van der Waals surface area contributed by atoms with E-state index < -0.39 is 23.8 Å². The van der Waals surface area contributed by atoms with Crippen molar-refractivity contribution in [3.63, 3.8) is 0 Å². The van der Waals surface area contributed by atoms with Crippen LogP contribution in [0.25, 0.3) is 0 Å². The number of aliphatic carboxylic acids is 2. The molecule has 0 spiro atoms. The molecule has 1 aliphatic carbocycles. The highest BCUT2D eigenvalue weighted by molar-refractivity contribution is 5.80. The van der Waals surface area contributed by atoms with Crippen LogP contribution in [-0.4, -0.2) is 22.2 Å². The van der Waals surface area contributed by atoms with Crippen molar-refractivity contribution < 1.29 is 19.8 Å². The maximum Gasteiger partial charge on any atom is 0.307 e. The van der Waals surface area contributed by atoms with Gasteiger partial charge in [0.05, 0.1) is 11.8 Å². The van der Waals surface area contributed by atoms with Crippen molar-refractivity contribution in [3.8, 4) is 0 Å². The monoisotopic (exact) mass is 256 g/mol. The average Bonchev–Trinajstić information content (AvgIpc) is 2.33. The molecule has 0 aromatic rings. The smallest absolute Gasteiger partial charge is 0.307 e. The molecule has 104 valence electrons. The van der Waals surface area contributed by atoms with Gasteiger partial charge < -0.3 is 10.2 Å². The minimum absolute atomic E-state index is 0.0502. The average molecular weight is 256 g/mol. The summed E-state index contributed by atoms with van der Waals surface area (Å²) in [5.74, 6) is -3.19. The predicted octanol–water partition coefficient (Wildman–Crippen LogP) is 3.16. The van der Waals surface area contributed by atoms with Gasteiger partial charge in [0.25, 0.3) is 0 Å². The van der Waals surface area contributed by atoms with Crippen molar-refractivity contribution in [1.29, 1.82) is 0 Å². The van der Waals surface area contributed by atoms with E-state index >= 15 is 0 Å². The highest BCUT2D eigenvalue weighted by Gasteiger charge is 2.41. The third-order valence-electron chi connectivity index (χ3n) is 4.06. The molecular weight excluding hydrogens is 232 g/mol. The molecule has 18 heavy (non-hydrogen) atoms. The molecule has 1 fully saturated rings. The van der Waals surface area contributed by atoms with Crippen molar-refractivity contribution in [1.82, 2.24) is 0 Å². The van der Waals surface area contributed by atoms with Crippen LogP contribution in [0.2, 0.25) is 0 Å². The second-order valence-corrected chi connectivity index (χ2v) is 5.35. The molecule has 1 rings (SSSR count). The lowest BCUT2D eigenvalue weighted by Crippen LogP contribution is -2.38. The van der Waals surface area contributed by atoms with Gasteiger partial charge in [-0.1, -0.05) is 39.0 Å². The van der Waals surface area contributed by atoms with Crippen LogP contribution >= 0.6 is 0 Å². The first-order valence-corrected chi connectivity index (χ1v) is 7.03. The molecule has 2 N–H and O–H groups in total. The lowest BCUT2D eigenvalue weighted by molar-refractivity contribution is -0.158. The molecule has 0 aromatic carbocycles. The van der Waals surface area contributed by atoms with Gasteiger partial charge in [0, 0.05) is 0 Å². The summed E-state index contributed by atoms with van der Waals surface area (Å²) in [4.78, 5) is 22.4. The fourth-order valence-corrected chi connectivity index (χ4v) is 3.10. The Kier molecular flexibility index (Phi) is 6.16. The van der Waals surface area contributed by atoms with Crippen LogP contribution in [0.3, 0.4) is 0 Å². The van der Waals surface area contributed by atoms with E-state index in [2.05, 4.69) is 6.92 Å². The summed E-state index contributed by atoms with van der Waals surface area (Å²) in [6.45, 7) is 2.14. The van der Waals surface area contributed by atoms with Crippen molar-refractivity contribution in [2.45, 2.75) is 58.3 Å². The van der Waals surface area contributed by atoms with Gasteiger partial charge in [-0.05, 0) is 25.2 Å². The Morgan fingerprint density at radius 3 is 2.33 bits per heavy atom. The van der Waals surface area contributed by atoms with E-state index in [1.54, 1.807) is 0 Å². The quantitative estimate of drug-likeness (QED) is 0.686. The van der Waals surface area contributed by atoms with Gasteiger partial charge in [0.15, 0.2) is 0 Å². The molecule has 3 atom stereocenters. The van der Waals surface area contributed by atoms with E-state index in [0.717, 1.165) is 38.5 Å². The highest BCUT2D eigenvalue weighted by Crippen LogP contribution is 2.38. The molecule has 4 heteroatoms. The van der Waals surface area contributed by atoms with Crippen molar-refractivity contribution in [3.05, 3.63) is 0 Å². The second-order valence-electron chi connectivity index (χ2n) is 5.35. The fourth-order valence-electron chi connectivity index (χ4n) is 3.10. The van der Waals surface area contributed by atoms with Crippen LogP contribution in [0.5, 0.6) is 0 Å². The Balaban J connectivity index is 2.57. The topological polar surface area (TPSA) is 74.6 Å². The van der Waals surface area contributed by atoms with Gasteiger partial charge in [-0.15, -0.1) is 0 Å². The number of carboxylic acid groups (broad SMARTS) is 2. The summed E-state index contributed by atoms with van der Waals surface area (Å²) in [5.41, 5.74) is 0. The number of carbonyl (C=O) groups is 2. The maximum atomic E-state index is 11.3. The van der Waals surface area contributed by atoms with Gasteiger partial charge in [0.2, 0.25) is 0 Å². The van der Waals surface area contributed by atoms with E-state index in [1.165, 1.54) is 6.42 Å². The molecule has 1 aliphatic rings. The highest BCUT2D eigenvalue weighted by atomic mass is 16.4. The standard InChI is InChI=1S/C14H24O4/c1-2-3-4-5-7-10-8-6-9-11(13(15)16)12(10)14(17)18/h10-12H,2-9H2,1H3,(H,15,16)(H,17,18). The molecule has 0 amide bonds. The van der Waals surface area contributed by atoms with Gasteiger partial charge in [-0.2, -0.15) is 0 Å². The summed E-state index contributed by atoms with van der Waals surface area (Å²) >= 11 is 0. The molecule has 4 nitrogen and oxygen atoms in total. The third-order valence-corrected chi connectivity index (χ3v) is 4.06. The largest absolute Gasteiger partial charge is 0.481 e. The maximum absolute atomic E-state index is 11.3.